The number of ether oxygens (including phenoxy) is 1. The van der Waals surface area contributed by atoms with Crippen LogP contribution in [0.4, 0.5) is 5.69 Å². The van der Waals surface area contributed by atoms with E-state index in [0.29, 0.717) is 37.4 Å². The molecule has 2 amide bonds. The number of hydrogen-bond donors (Lipinski definition) is 2. The minimum Gasteiger partial charge on any atom is -0.504 e. The van der Waals surface area contributed by atoms with Crippen molar-refractivity contribution in [3.63, 3.8) is 0 Å². The van der Waals surface area contributed by atoms with Gasteiger partial charge in [0.05, 0.1) is 33.1 Å². The molecule has 10 nitrogen and oxygen atoms in total. The number of nitro groups is 1. The zero-order valence-corrected chi connectivity index (χ0v) is 20.6. The van der Waals surface area contributed by atoms with E-state index >= 15 is 0 Å². The molecule has 1 saturated heterocycles. The number of likely N-dealkylation sites (tertiary alicyclic amines) is 1. The summed E-state index contributed by atoms with van der Waals surface area (Å²) in [5.41, 5.74) is -0.242. The van der Waals surface area contributed by atoms with E-state index in [1.807, 2.05) is 6.07 Å². The predicted octanol–water partition coefficient (Wildman–Crippen LogP) is 2.53. The van der Waals surface area contributed by atoms with Gasteiger partial charge in [0.25, 0.3) is 17.5 Å². The Labute approximate surface area is 217 Å². The van der Waals surface area contributed by atoms with Crippen LogP contribution >= 0.6 is 0 Å². The first kappa shape index (κ1) is 22.5. The summed E-state index contributed by atoms with van der Waals surface area (Å²) in [5.74, 6) is -0.0826. The Kier molecular flexibility index (Phi) is 4.21. The normalized spacial score (nSPS) is 34.7. The maximum atomic E-state index is 13.6. The van der Waals surface area contributed by atoms with Crippen LogP contribution in [-0.4, -0.2) is 73.6 Å². The molecular weight excluding hydrogens is 490 g/mol. The highest BCUT2D eigenvalue weighted by atomic mass is 16.6. The molecule has 2 saturated carbocycles. The van der Waals surface area contributed by atoms with Gasteiger partial charge in [-0.25, -0.2) is 0 Å². The van der Waals surface area contributed by atoms with Gasteiger partial charge >= 0.3 is 0 Å². The standard InChI is InChI=1S/C28H27N3O7/c32-20-6-3-15-11-21-28(35)8-7-19(30-25(33)17-5-4-16(31(36)37)12-18(17)26(30)34)24-27(28,22(15)23(20)38-24)9-10-29(21)13-14-1-2-14/h3-6,12,14,19,21,24,32,35H,1-2,7-11,13H2/t19-,21-,24+,27+,28-/m1/s1. The topological polar surface area (TPSA) is 133 Å². The van der Waals surface area contributed by atoms with Gasteiger partial charge in [0.1, 0.15) is 6.10 Å². The number of imide groups is 1. The molecule has 5 atom stereocenters. The van der Waals surface area contributed by atoms with E-state index in [-0.39, 0.29) is 28.6 Å². The van der Waals surface area contributed by atoms with E-state index in [1.165, 1.54) is 29.9 Å². The predicted molar refractivity (Wildman–Crippen MR) is 132 cm³/mol. The molecule has 2 aromatic rings. The van der Waals surface area contributed by atoms with Crippen molar-refractivity contribution >= 4 is 17.5 Å². The first-order chi connectivity index (χ1) is 18.2. The van der Waals surface area contributed by atoms with Crippen LogP contribution in [0.2, 0.25) is 0 Å². The summed E-state index contributed by atoms with van der Waals surface area (Å²) in [5, 5.41) is 34.8. The molecule has 38 heavy (non-hydrogen) atoms. The molecule has 2 aromatic carbocycles. The van der Waals surface area contributed by atoms with Crippen LogP contribution in [0.25, 0.3) is 0 Å². The molecule has 6 aliphatic rings. The van der Waals surface area contributed by atoms with E-state index in [0.717, 1.165) is 30.3 Å². The van der Waals surface area contributed by atoms with E-state index in [9.17, 15) is 29.9 Å². The van der Waals surface area contributed by atoms with Gasteiger partial charge in [0.15, 0.2) is 11.5 Å². The van der Waals surface area contributed by atoms with Crippen molar-refractivity contribution in [3.8, 4) is 11.5 Å². The lowest BCUT2D eigenvalue weighted by atomic mass is 9.48. The van der Waals surface area contributed by atoms with Crippen molar-refractivity contribution < 1.29 is 29.5 Å². The quantitative estimate of drug-likeness (QED) is 0.359. The second-order valence-electron chi connectivity index (χ2n) is 11.9. The summed E-state index contributed by atoms with van der Waals surface area (Å²) < 4.78 is 6.50. The number of phenolic OH excluding ortho intramolecular Hbond substituents is 1. The van der Waals surface area contributed by atoms with Crippen LogP contribution in [0, 0.1) is 16.0 Å². The molecule has 3 fully saturated rings. The molecule has 0 radical (unpaired) electrons. The fourth-order valence-corrected chi connectivity index (χ4v) is 8.38. The zero-order valence-electron chi connectivity index (χ0n) is 20.6. The van der Waals surface area contributed by atoms with Gasteiger partial charge in [0.2, 0.25) is 0 Å². The Morgan fingerprint density at radius 2 is 1.87 bits per heavy atom. The fourth-order valence-electron chi connectivity index (χ4n) is 8.38. The third-order valence-electron chi connectivity index (χ3n) is 10.2. The number of amides is 2. The lowest BCUT2D eigenvalue weighted by molar-refractivity contribution is -0.384. The summed E-state index contributed by atoms with van der Waals surface area (Å²) in [7, 11) is 0. The maximum absolute atomic E-state index is 13.6. The van der Waals surface area contributed by atoms with Gasteiger partial charge in [-0.3, -0.25) is 29.5 Å². The monoisotopic (exact) mass is 517 g/mol. The Bertz CT molecular complexity index is 1470. The minimum absolute atomic E-state index is 0.00882. The average molecular weight is 518 g/mol. The number of nitrogens with zero attached hydrogens (tertiary/aromatic N) is 3. The molecule has 3 aliphatic carbocycles. The molecule has 8 rings (SSSR count). The molecule has 1 spiro atoms. The molecule has 3 aliphatic heterocycles. The number of piperidine rings is 1. The van der Waals surface area contributed by atoms with Crippen LogP contribution in [0.15, 0.2) is 30.3 Å². The molecule has 2 N–H and O–H groups in total. The number of non-ortho nitro benzene ring substituents is 1. The van der Waals surface area contributed by atoms with Crippen LogP contribution in [0.1, 0.15) is 63.9 Å². The highest BCUT2D eigenvalue weighted by Gasteiger charge is 2.74. The van der Waals surface area contributed by atoms with Gasteiger partial charge < -0.3 is 14.9 Å². The largest absolute Gasteiger partial charge is 0.504 e. The SMILES string of the molecule is O=C1c2ccc([N+](=O)[O-])cc2C(=O)N1[C@@H]1CC[C@@]2(O)[C@H]3Cc4ccc(O)c5c4[C@@]2(CCN3CC2CC2)[C@H]1O5. The first-order valence-electron chi connectivity index (χ1n) is 13.4. The van der Waals surface area contributed by atoms with Gasteiger partial charge in [-0.2, -0.15) is 0 Å². The number of carbonyl (C=O) groups excluding carboxylic acids is 2. The summed E-state index contributed by atoms with van der Waals surface area (Å²) in [6.45, 7) is 1.72. The molecule has 196 valence electrons. The first-order valence-corrected chi connectivity index (χ1v) is 13.4. The van der Waals surface area contributed by atoms with Crippen LogP contribution in [0.3, 0.4) is 0 Å². The van der Waals surface area contributed by atoms with Crippen molar-refractivity contribution in [2.45, 2.75) is 67.7 Å². The highest BCUT2D eigenvalue weighted by Crippen LogP contribution is 2.66. The Hall–Kier alpha value is -3.50. The van der Waals surface area contributed by atoms with Crippen molar-refractivity contribution in [1.29, 1.82) is 0 Å². The van der Waals surface area contributed by atoms with E-state index in [4.69, 9.17) is 4.74 Å². The Balaban J connectivity index is 1.25. The minimum atomic E-state index is -1.13. The highest BCUT2D eigenvalue weighted by molar-refractivity contribution is 6.22. The lowest BCUT2D eigenvalue weighted by Crippen LogP contribution is -2.78. The van der Waals surface area contributed by atoms with Crippen LogP contribution in [0.5, 0.6) is 11.5 Å². The molecule has 10 heteroatoms. The van der Waals surface area contributed by atoms with Crippen molar-refractivity contribution in [1.82, 2.24) is 9.80 Å². The zero-order chi connectivity index (χ0) is 26.1. The fraction of sp³-hybridized carbons (Fsp3) is 0.500. The molecule has 3 heterocycles. The number of phenols is 1. The molecular formula is C28H27N3O7. The molecule has 2 bridgehead atoms. The summed E-state index contributed by atoms with van der Waals surface area (Å²) in [4.78, 5) is 41.5. The summed E-state index contributed by atoms with van der Waals surface area (Å²) in [6.07, 6.45) is 3.67. The number of benzene rings is 2. The summed E-state index contributed by atoms with van der Waals surface area (Å²) >= 11 is 0. The lowest BCUT2D eigenvalue weighted by Gasteiger charge is -2.64. The van der Waals surface area contributed by atoms with Crippen molar-refractivity contribution in [2.75, 3.05) is 13.1 Å². The number of fused-ring (bicyclic) bond motifs is 1. The third kappa shape index (κ3) is 2.55. The second kappa shape index (κ2) is 7.12. The Morgan fingerprint density at radius 1 is 1.08 bits per heavy atom. The Morgan fingerprint density at radius 3 is 2.63 bits per heavy atom. The number of aliphatic hydroxyl groups is 1. The number of carbonyl (C=O) groups is 2. The molecule has 0 aromatic heterocycles. The smallest absolute Gasteiger partial charge is 0.270 e. The van der Waals surface area contributed by atoms with E-state index in [1.54, 1.807) is 6.07 Å². The average Bonchev–Trinajstić information content (AvgIpc) is 3.59. The van der Waals surface area contributed by atoms with Gasteiger partial charge in [-0.15, -0.1) is 0 Å². The van der Waals surface area contributed by atoms with Crippen LogP contribution < -0.4 is 4.74 Å². The molecule has 0 unspecified atom stereocenters. The number of aromatic hydroxyl groups is 1. The van der Waals surface area contributed by atoms with E-state index in [2.05, 4.69) is 4.90 Å². The number of rotatable bonds is 4. The van der Waals surface area contributed by atoms with Gasteiger partial charge in [-0.1, -0.05) is 6.07 Å². The van der Waals surface area contributed by atoms with E-state index < -0.39 is 39.9 Å². The number of nitro benzene ring substituents is 1. The third-order valence-corrected chi connectivity index (χ3v) is 10.2. The second-order valence-corrected chi connectivity index (χ2v) is 11.9. The van der Waals surface area contributed by atoms with Gasteiger partial charge in [0, 0.05) is 30.3 Å². The number of hydrogen-bond acceptors (Lipinski definition) is 8. The van der Waals surface area contributed by atoms with Gasteiger partial charge in [-0.05, 0) is 68.7 Å². The van der Waals surface area contributed by atoms with Crippen molar-refractivity contribution in [2.24, 2.45) is 5.92 Å². The summed E-state index contributed by atoms with van der Waals surface area (Å²) in [6, 6.07) is 6.48. The maximum Gasteiger partial charge on any atom is 0.270 e. The van der Waals surface area contributed by atoms with Crippen molar-refractivity contribution in [3.05, 3.63) is 62.7 Å². The van der Waals surface area contributed by atoms with Crippen LogP contribution in [-0.2, 0) is 11.8 Å².